The first-order valence-corrected chi connectivity index (χ1v) is 12.6. The second-order valence-electron chi connectivity index (χ2n) is 9.13. The minimum absolute atomic E-state index is 0.560. The standard InChI is InChI=1S/C28H33N7O/c1-3-35-20-25(27(33-35)22-6-4-13-29-18-22)26-12-14-30-28(32-26)31-24-10-8-21(9-11-24)23-7-5-15-34(19-23)16-17-36-2/h4,6,8-14,18,20,23H,3,5,7,15-17,19H2,1-2H3,(H,30,31,32). The second kappa shape index (κ2) is 11.4. The Hall–Kier alpha value is -3.62. The van der Waals surface area contributed by atoms with Crippen LogP contribution < -0.4 is 5.32 Å². The van der Waals surface area contributed by atoms with Crippen molar-refractivity contribution in [3.8, 4) is 22.5 Å². The summed E-state index contributed by atoms with van der Waals surface area (Å²) in [5.41, 5.74) is 5.96. The van der Waals surface area contributed by atoms with E-state index in [1.165, 1.54) is 18.4 Å². The van der Waals surface area contributed by atoms with Gasteiger partial charge >= 0.3 is 0 Å². The minimum atomic E-state index is 0.560. The highest BCUT2D eigenvalue weighted by atomic mass is 16.5. The van der Waals surface area contributed by atoms with Gasteiger partial charge in [0, 0.05) is 68.3 Å². The molecule has 3 aromatic heterocycles. The molecule has 0 aliphatic carbocycles. The summed E-state index contributed by atoms with van der Waals surface area (Å²) >= 11 is 0. The van der Waals surface area contributed by atoms with E-state index in [1.54, 1.807) is 19.5 Å². The predicted octanol–water partition coefficient (Wildman–Crippen LogP) is 4.99. The molecule has 36 heavy (non-hydrogen) atoms. The summed E-state index contributed by atoms with van der Waals surface area (Å²) in [5, 5.41) is 8.12. The smallest absolute Gasteiger partial charge is 0.227 e. The lowest BCUT2D eigenvalue weighted by Gasteiger charge is -2.32. The largest absolute Gasteiger partial charge is 0.383 e. The number of hydrogen-bond acceptors (Lipinski definition) is 7. The molecule has 1 aromatic carbocycles. The van der Waals surface area contributed by atoms with Crippen LogP contribution in [-0.2, 0) is 11.3 Å². The highest BCUT2D eigenvalue weighted by Crippen LogP contribution is 2.31. The van der Waals surface area contributed by atoms with Crippen molar-refractivity contribution in [3.63, 3.8) is 0 Å². The van der Waals surface area contributed by atoms with Gasteiger partial charge in [-0.15, -0.1) is 0 Å². The fourth-order valence-electron chi connectivity index (χ4n) is 4.77. The van der Waals surface area contributed by atoms with Crippen LogP contribution in [-0.4, -0.2) is 63.0 Å². The highest BCUT2D eigenvalue weighted by molar-refractivity contribution is 5.78. The molecule has 8 heteroatoms. The van der Waals surface area contributed by atoms with E-state index in [0.717, 1.165) is 61.0 Å². The molecule has 0 spiro atoms. The maximum absolute atomic E-state index is 5.26. The van der Waals surface area contributed by atoms with Crippen LogP contribution in [0.5, 0.6) is 0 Å². The topological polar surface area (TPSA) is 81.0 Å². The molecule has 0 amide bonds. The second-order valence-corrected chi connectivity index (χ2v) is 9.13. The number of hydrogen-bond donors (Lipinski definition) is 1. The van der Waals surface area contributed by atoms with Crippen LogP contribution in [0.15, 0.2) is 67.3 Å². The van der Waals surface area contributed by atoms with Gasteiger partial charge in [-0.3, -0.25) is 9.67 Å². The molecule has 1 aliphatic heterocycles. The van der Waals surface area contributed by atoms with Crippen LogP contribution in [0.2, 0.25) is 0 Å². The van der Waals surface area contributed by atoms with E-state index in [2.05, 4.69) is 51.4 Å². The van der Waals surface area contributed by atoms with Gasteiger partial charge in [-0.2, -0.15) is 5.10 Å². The van der Waals surface area contributed by atoms with Crippen molar-refractivity contribution in [1.82, 2.24) is 29.6 Å². The Morgan fingerprint density at radius 2 is 2.00 bits per heavy atom. The maximum atomic E-state index is 5.26. The number of anilines is 2. The molecule has 4 aromatic rings. The molecule has 5 rings (SSSR count). The molecule has 1 unspecified atom stereocenters. The Morgan fingerprint density at radius 1 is 1.11 bits per heavy atom. The van der Waals surface area contributed by atoms with E-state index >= 15 is 0 Å². The number of aromatic nitrogens is 5. The monoisotopic (exact) mass is 483 g/mol. The van der Waals surface area contributed by atoms with Gasteiger partial charge in [-0.05, 0) is 68.1 Å². The van der Waals surface area contributed by atoms with Gasteiger partial charge in [0.15, 0.2) is 0 Å². The molecule has 8 nitrogen and oxygen atoms in total. The predicted molar refractivity (Wildman–Crippen MR) is 142 cm³/mol. The normalized spacial score (nSPS) is 16.2. The molecule has 1 N–H and O–H groups in total. The van der Waals surface area contributed by atoms with Crippen molar-refractivity contribution in [2.24, 2.45) is 0 Å². The lowest BCUT2D eigenvalue weighted by Crippen LogP contribution is -2.36. The van der Waals surface area contributed by atoms with Crippen molar-refractivity contribution in [2.45, 2.75) is 32.2 Å². The Bertz CT molecular complexity index is 1260. The number of ether oxygens (including phenoxy) is 1. The Morgan fingerprint density at radius 3 is 2.78 bits per heavy atom. The lowest BCUT2D eigenvalue weighted by atomic mass is 9.90. The van der Waals surface area contributed by atoms with Gasteiger partial charge < -0.3 is 15.0 Å². The Balaban J connectivity index is 1.32. The fourth-order valence-corrected chi connectivity index (χ4v) is 4.77. The first-order valence-electron chi connectivity index (χ1n) is 12.6. The van der Waals surface area contributed by atoms with Gasteiger partial charge in [-0.25, -0.2) is 9.97 Å². The summed E-state index contributed by atoms with van der Waals surface area (Å²) in [7, 11) is 1.77. The number of benzene rings is 1. The third-order valence-corrected chi connectivity index (χ3v) is 6.71. The minimum Gasteiger partial charge on any atom is -0.383 e. The summed E-state index contributed by atoms with van der Waals surface area (Å²) in [4.78, 5) is 16.0. The number of aryl methyl sites for hydroxylation is 1. The molecule has 1 saturated heterocycles. The summed E-state index contributed by atoms with van der Waals surface area (Å²) in [6.45, 7) is 6.89. The quantitative estimate of drug-likeness (QED) is 0.359. The van der Waals surface area contributed by atoms with Crippen molar-refractivity contribution in [3.05, 3.63) is 72.8 Å². The van der Waals surface area contributed by atoms with Gasteiger partial charge in [0.05, 0.1) is 12.3 Å². The SMILES string of the molecule is CCn1cc(-c2ccnc(Nc3ccc(C4CCCN(CCOC)C4)cc3)n2)c(-c2cccnc2)n1. The number of nitrogens with zero attached hydrogens (tertiary/aromatic N) is 6. The van der Waals surface area contributed by atoms with E-state index < -0.39 is 0 Å². The third-order valence-electron chi connectivity index (χ3n) is 6.71. The van der Waals surface area contributed by atoms with E-state index in [1.807, 2.05) is 35.3 Å². The van der Waals surface area contributed by atoms with Crippen LogP contribution in [0.25, 0.3) is 22.5 Å². The number of nitrogens with one attached hydrogen (secondary N) is 1. The molecule has 1 atom stereocenters. The van der Waals surface area contributed by atoms with Crippen LogP contribution >= 0.6 is 0 Å². The molecule has 1 aliphatic rings. The van der Waals surface area contributed by atoms with E-state index in [0.29, 0.717) is 11.9 Å². The fraction of sp³-hybridized carbons (Fsp3) is 0.357. The number of pyridine rings is 1. The van der Waals surface area contributed by atoms with Gasteiger partial charge in [-0.1, -0.05) is 12.1 Å². The average molecular weight is 484 g/mol. The van der Waals surface area contributed by atoms with Crippen LogP contribution in [0.3, 0.4) is 0 Å². The van der Waals surface area contributed by atoms with Crippen molar-refractivity contribution in [2.75, 3.05) is 38.7 Å². The Kier molecular flexibility index (Phi) is 7.64. The summed E-state index contributed by atoms with van der Waals surface area (Å²) in [6, 6.07) is 14.6. The highest BCUT2D eigenvalue weighted by Gasteiger charge is 2.21. The van der Waals surface area contributed by atoms with Gasteiger partial charge in [0.2, 0.25) is 5.95 Å². The van der Waals surface area contributed by atoms with Crippen molar-refractivity contribution in [1.29, 1.82) is 0 Å². The van der Waals surface area contributed by atoms with Gasteiger partial charge in [0.25, 0.3) is 0 Å². The zero-order chi connectivity index (χ0) is 24.7. The molecule has 0 saturated carbocycles. The molecule has 0 bridgehead atoms. The average Bonchev–Trinajstić information content (AvgIpc) is 3.38. The Labute approximate surface area is 212 Å². The third kappa shape index (κ3) is 5.61. The zero-order valence-corrected chi connectivity index (χ0v) is 21.0. The first-order chi connectivity index (χ1) is 17.7. The molecule has 186 valence electrons. The first kappa shape index (κ1) is 24.1. The number of rotatable bonds is 9. The summed E-state index contributed by atoms with van der Waals surface area (Å²) < 4.78 is 7.18. The van der Waals surface area contributed by atoms with Crippen LogP contribution in [0.1, 0.15) is 31.2 Å². The number of likely N-dealkylation sites (tertiary alicyclic amines) is 1. The van der Waals surface area contributed by atoms with E-state index in [9.17, 15) is 0 Å². The number of methoxy groups -OCH3 is 1. The molecule has 1 fully saturated rings. The lowest BCUT2D eigenvalue weighted by molar-refractivity contribution is 0.128. The summed E-state index contributed by atoms with van der Waals surface area (Å²) in [6.07, 6.45) is 9.87. The molecular weight excluding hydrogens is 450 g/mol. The van der Waals surface area contributed by atoms with Crippen molar-refractivity contribution < 1.29 is 4.74 Å². The van der Waals surface area contributed by atoms with E-state index in [4.69, 9.17) is 14.8 Å². The summed E-state index contributed by atoms with van der Waals surface area (Å²) in [5.74, 6) is 1.12. The zero-order valence-electron chi connectivity index (χ0n) is 21.0. The molecule has 0 radical (unpaired) electrons. The van der Waals surface area contributed by atoms with Crippen LogP contribution in [0, 0.1) is 0 Å². The molecule has 4 heterocycles. The van der Waals surface area contributed by atoms with Crippen molar-refractivity contribution >= 4 is 11.6 Å². The van der Waals surface area contributed by atoms with Crippen LogP contribution in [0.4, 0.5) is 11.6 Å². The molecular formula is C28H33N7O. The van der Waals surface area contributed by atoms with E-state index in [-0.39, 0.29) is 0 Å². The number of piperidine rings is 1. The van der Waals surface area contributed by atoms with Gasteiger partial charge in [0.1, 0.15) is 5.69 Å². The maximum Gasteiger partial charge on any atom is 0.227 e.